The van der Waals surface area contributed by atoms with Crippen LogP contribution in [0.3, 0.4) is 0 Å². The van der Waals surface area contributed by atoms with Gasteiger partial charge >= 0.3 is 5.97 Å². The maximum Gasteiger partial charge on any atom is 0.313 e. The zero-order chi connectivity index (χ0) is 11.3. The summed E-state index contributed by atoms with van der Waals surface area (Å²) in [4.78, 5) is 24.7. The van der Waals surface area contributed by atoms with Gasteiger partial charge in [-0.1, -0.05) is 6.92 Å². The van der Waals surface area contributed by atoms with Crippen LogP contribution in [0.15, 0.2) is 0 Å². The van der Waals surface area contributed by atoms with Crippen LogP contribution in [0, 0.1) is 0 Å². The van der Waals surface area contributed by atoms with Gasteiger partial charge in [0, 0.05) is 6.04 Å². The van der Waals surface area contributed by atoms with Crippen molar-refractivity contribution >= 4 is 11.8 Å². The van der Waals surface area contributed by atoms with Gasteiger partial charge in [-0.15, -0.1) is 0 Å². The molecule has 0 aromatic heterocycles. The third kappa shape index (κ3) is 4.42. The molecule has 1 fully saturated rings. The van der Waals surface area contributed by atoms with Crippen molar-refractivity contribution < 1.29 is 14.3 Å². The summed E-state index contributed by atoms with van der Waals surface area (Å²) < 4.78 is 4.73. The molecule has 0 bridgehead atoms. The predicted octanol–water partition coefficient (Wildman–Crippen LogP) is 0.993. The molecule has 0 unspecified atom stereocenters. The van der Waals surface area contributed by atoms with Crippen LogP contribution in [0.4, 0.5) is 0 Å². The summed E-state index contributed by atoms with van der Waals surface area (Å²) in [5.74, 6) is -0.448. The van der Waals surface area contributed by atoms with Crippen molar-refractivity contribution in [2.75, 3.05) is 19.7 Å². The molecule has 1 saturated carbocycles. The molecule has 0 spiro atoms. The second-order valence-corrected chi connectivity index (χ2v) is 3.81. The number of rotatable bonds is 7. The number of ether oxygens (including phenoxy) is 1. The van der Waals surface area contributed by atoms with E-state index in [1.807, 2.05) is 6.92 Å². The molecule has 86 valence electrons. The van der Waals surface area contributed by atoms with Crippen molar-refractivity contribution in [3.05, 3.63) is 0 Å². The van der Waals surface area contributed by atoms with Gasteiger partial charge in [-0.25, -0.2) is 0 Å². The molecule has 15 heavy (non-hydrogen) atoms. The number of likely N-dealkylation sites (N-methyl/N-ethyl adjacent to an activating group) is 1. The largest absolute Gasteiger partial charge is 0.466 e. The SMILES string of the molecule is CCOC(=O)CC(=O)CN(CC)C1CC1. The van der Waals surface area contributed by atoms with Gasteiger partial charge in [-0.2, -0.15) is 0 Å². The highest BCUT2D eigenvalue weighted by Gasteiger charge is 2.29. The Bertz CT molecular complexity index is 236. The minimum absolute atomic E-state index is 0.0396. The Morgan fingerprint density at radius 2 is 2.00 bits per heavy atom. The van der Waals surface area contributed by atoms with Crippen LogP contribution < -0.4 is 0 Å². The van der Waals surface area contributed by atoms with Gasteiger partial charge < -0.3 is 4.74 Å². The van der Waals surface area contributed by atoms with E-state index >= 15 is 0 Å². The maximum absolute atomic E-state index is 11.5. The third-order valence-electron chi connectivity index (χ3n) is 2.50. The van der Waals surface area contributed by atoms with Gasteiger partial charge in [0.25, 0.3) is 0 Å². The highest BCUT2D eigenvalue weighted by Crippen LogP contribution is 2.26. The van der Waals surface area contributed by atoms with E-state index in [-0.39, 0.29) is 12.2 Å². The Morgan fingerprint density at radius 3 is 2.47 bits per heavy atom. The van der Waals surface area contributed by atoms with Gasteiger partial charge in [0.15, 0.2) is 5.78 Å². The minimum Gasteiger partial charge on any atom is -0.466 e. The number of esters is 1. The second kappa shape index (κ2) is 5.85. The topological polar surface area (TPSA) is 46.6 Å². The van der Waals surface area contributed by atoms with Crippen LogP contribution in [0.1, 0.15) is 33.1 Å². The summed E-state index contributed by atoms with van der Waals surface area (Å²) in [5, 5.41) is 0. The first kappa shape index (κ1) is 12.2. The molecule has 0 aromatic rings. The lowest BCUT2D eigenvalue weighted by atomic mass is 10.2. The first-order valence-electron chi connectivity index (χ1n) is 5.58. The van der Waals surface area contributed by atoms with E-state index in [2.05, 4.69) is 4.90 Å². The Labute approximate surface area is 90.6 Å². The molecule has 1 aliphatic carbocycles. The van der Waals surface area contributed by atoms with Crippen molar-refractivity contribution in [2.45, 2.75) is 39.2 Å². The normalized spacial score (nSPS) is 15.4. The zero-order valence-electron chi connectivity index (χ0n) is 9.49. The number of Topliss-reactive ketones (excluding diaryl/α,β-unsaturated/α-hetero) is 1. The number of carbonyl (C=O) groups is 2. The first-order valence-corrected chi connectivity index (χ1v) is 5.58. The lowest BCUT2D eigenvalue weighted by Gasteiger charge is -2.18. The van der Waals surface area contributed by atoms with Crippen LogP contribution in [0.25, 0.3) is 0 Å². The molecule has 0 aromatic carbocycles. The van der Waals surface area contributed by atoms with E-state index in [4.69, 9.17) is 4.74 Å². The molecule has 0 radical (unpaired) electrons. The van der Waals surface area contributed by atoms with Gasteiger partial charge in [0.1, 0.15) is 6.42 Å². The zero-order valence-corrected chi connectivity index (χ0v) is 9.49. The Hall–Kier alpha value is -0.900. The molecule has 0 amide bonds. The average Bonchev–Trinajstić information content (AvgIpc) is 2.97. The second-order valence-electron chi connectivity index (χ2n) is 3.81. The van der Waals surface area contributed by atoms with E-state index in [1.165, 1.54) is 12.8 Å². The number of carbonyl (C=O) groups excluding carboxylic acids is 2. The summed E-state index contributed by atoms with van der Waals surface area (Å²) >= 11 is 0. The molecular weight excluding hydrogens is 194 g/mol. The number of nitrogens with zero attached hydrogens (tertiary/aromatic N) is 1. The fourth-order valence-corrected chi connectivity index (χ4v) is 1.59. The molecule has 0 aliphatic heterocycles. The van der Waals surface area contributed by atoms with Crippen molar-refractivity contribution in [2.24, 2.45) is 0 Å². The summed E-state index contributed by atoms with van der Waals surface area (Å²) in [5.41, 5.74) is 0. The van der Waals surface area contributed by atoms with E-state index in [0.29, 0.717) is 19.2 Å². The van der Waals surface area contributed by atoms with Crippen molar-refractivity contribution in [3.8, 4) is 0 Å². The molecular formula is C11H19NO3. The lowest BCUT2D eigenvalue weighted by molar-refractivity contribution is -0.145. The van der Waals surface area contributed by atoms with E-state index in [1.54, 1.807) is 6.92 Å². The third-order valence-corrected chi connectivity index (χ3v) is 2.50. The molecule has 4 nitrogen and oxygen atoms in total. The Balaban J connectivity index is 2.24. The van der Waals surface area contributed by atoms with E-state index in [9.17, 15) is 9.59 Å². The van der Waals surface area contributed by atoms with E-state index < -0.39 is 5.97 Å². The molecule has 0 saturated heterocycles. The van der Waals surface area contributed by atoms with Crippen LogP contribution in [0.2, 0.25) is 0 Å². The van der Waals surface area contributed by atoms with Crippen LogP contribution >= 0.6 is 0 Å². The standard InChI is InChI=1S/C11H19NO3/c1-3-12(9-5-6-9)8-10(13)7-11(14)15-4-2/h9H,3-8H2,1-2H3. The van der Waals surface area contributed by atoms with Crippen LogP contribution in [-0.2, 0) is 14.3 Å². The first-order chi connectivity index (χ1) is 7.17. The molecule has 0 heterocycles. The highest BCUT2D eigenvalue weighted by molar-refractivity contribution is 5.96. The van der Waals surface area contributed by atoms with Gasteiger partial charge in [-0.05, 0) is 26.3 Å². The summed E-state index contributed by atoms with van der Waals surface area (Å²) in [6.45, 7) is 5.38. The van der Waals surface area contributed by atoms with Crippen molar-refractivity contribution in [1.29, 1.82) is 0 Å². The van der Waals surface area contributed by atoms with Gasteiger partial charge in [0.2, 0.25) is 0 Å². The molecule has 0 N–H and O–H groups in total. The lowest BCUT2D eigenvalue weighted by Crippen LogP contribution is -2.32. The average molecular weight is 213 g/mol. The Kier molecular flexibility index (Phi) is 4.75. The highest BCUT2D eigenvalue weighted by atomic mass is 16.5. The van der Waals surface area contributed by atoms with Crippen LogP contribution in [-0.4, -0.2) is 42.4 Å². The molecule has 0 atom stereocenters. The fourth-order valence-electron chi connectivity index (χ4n) is 1.59. The van der Waals surface area contributed by atoms with Crippen molar-refractivity contribution in [1.82, 2.24) is 4.90 Å². The van der Waals surface area contributed by atoms with Crippen molar-refractivity contribution in [3.63, 3.8) is 0 Å². The maximum atomic E-state index is 11.5. The number of ketones is 1. The van der Waals surface area contributed by atoms with Gasteiger partial charge in [-0.3, -0.25) is 14.5 Å². The summed E-state index contributed by atoms with van der Waals surface area (Å²) in [6.07, 6.45) is 2.28. The van der Waals surface area contributed by atoms with Crippen LogP contribution in [0.5, 0.6) is 0 Å². The number of hydrogen-bond donors (Lipinski definition) is 0. The summed E-state index contributed by atoms with van der Waals surface area (Å²) in [6, 6.07) is 0.571. The molecule has 1 aliphatic rings. The quantitative estimate of drug-likeness (QED) is 0.467. The fraction of sp³-hybridized carbons (Fsp3) is 0.818. The van der Waals surface area contributed by atoms with E-state index in [0.717, 1.165) is 6.54 Å². The smallest absolute Gasteiger partial charge is 0.313 e. The Morgan fingerprint density at radius 1 is 1.33 bits per heavy atom. The molecule has 1 rings (SSSR count). The predicted molar refractivity (Wildman–Crippen MR) is 56.5 cm³/mol. The summed E-state index contributed by atoms with van der Waals surface area (Å²) in [7, 11) is 0. The molecule has 4 heteroatoms. The number of hydrogen-bond acceptors (Lipinski definition) is 4. The minimum atomic E-state index is -0.408. The van der Waals surface area contributed by atoms with Gasteiger partial charge in [0.05, 0.1) is 13.2 Å². The monoisotopic (exact) mass is 213 g/mol.